The molecule has 1 atom stereocenters. The number of hydrogen-bond donors (Lipinski definition) is 0. The molecule has 2 aromatic carbocycles. The summed E-state index contributed by atoms with van der Waals surface area (Å²) in [5, 5.41) is 10.5. The second-order valence-corrected chi connectivity index (χ2v) is 7.32. The molecule has 0 spiro atoms. The number of hydrogen-bond acceptors (Lipinski definition) is 1. The van der Waals surface area contributed by atoms with E-state index in [0.717, 1.165) is 11.1 Å². The second-order valence-electron chi connectivity index (χ2n) is 6.51. The predicted octanol–water partition coefficient (Wildman–Crippen LogP) is 6.14. The van der Waals surface area contributed by atoms with Crippen molar-refractivity contribution in [3.8, 4) is 6.07 Å². The largest absolute Gasteiger partial charge is 0.198 e. The van der Waals surface area contributed by atoms with Crippen LogP contribution in [0.1, 0.15) is 43.4 Å². The van der Waals surface area contributed by atoms with Crippen LogP contribution in [-0.4, -0.2) is 0 Å². The van der Waals surface area contributed by atoms with Gasteiger partial charge in [-0.1, -0.05) is 74.3 Å². The van der Waals surface area contributed by atoms with Gasteiger partial charge >= 0.3 is 0 Å². The molecule has 2 aromatic rings. The van der Waals surface area contributed by atoms with Gasteiger partial charge in [0.1, 0.15) is 0 Å². The van der Waals surface area contributed by atoms with Crippen molar-refractivity contribution in [3.05, 3.63) is 69.2 Å². The highest BCUT2D eigenvalue weighted by Crippen LogP contribution is 2.28. The van der Waals surface area contributed by atoms with Gasteiger partial charge in [0.2, 0.25) is 0 Å². The van der Waals surface area contributed by atoms with Crippen molar-refractivity contribution in [2.45, 2.75) is 38.5 Å². The summed E-state index contributed by atoms with van der Waals surface area (Å²) in [4.78, 5) is 0. The van der Waals surface area contributed by atoms with Gasteiger partial charge in [-0.2, -0.15) is 5.26 Å². The van der Waals surface area contributed by atoms with E-state index in [4.69, 9.17) is 23.2 Å². The maximum absolute atomic E-state index is 9.48. The Kier molecular flexibility index (Phi) is 5.16. The van der Waals surface area contributed by atoms with Gasteiger partial charge in [0, 0.05) is 0 Å². The molecule has 0 aliphatic heterocycles. The molecule has 0 radical (unpaired) electrons. The Hall–Kier alpha value is -1.49. The summed E-state index contributed by atoms with van der Waals surface area (Å²) in [6.45, 7) is 6.54. The molecule has 0 aromatic heterocycles. The van der Waals surface area contributed by atoms with Gasteiger partial charge in [-0.25, -0.2) is 0 Å². The van der Waals surface area contributed by atoms with Gasteiger partial charge < -0.3 is 0 Å². The van der Waals surface area contributed by atoms with E-state index in [1.54, 1.807) is 6.07 Å². The number of halogens is 2. The van der Waals surface area contributed by atoms with Crippen LogP contribution in [0.5, 0.6) is 0 Å². The summed E-state index contributed by atoms with van der Waals surface area (Å²) in [5.41, 5.74) is 3.43. The van der Waals surface area contributed by atoms with Crippen LogP contribution in [0.4, 0.5) is 0 Å². The second kappa shape index (κ2) is 6.73. The molecular formula is C19H19Cl2N. The molecule has 0 aliphatic rings. The van der Waals surface area contributed by atoms with E-state index in [1.165, 1.54) is 5.56 Å². The SMILES string of the molecule is CC(C)(C)c1ccc(C(C#N)Cc2ccc(Cl)c(Cl)c2)cc1. The lowest BCUT2D eigenvalue weighted by atomic mass is 9.85. The van der Waals surface area contributed by atoms with Crippen LogP contribution in [-0.2, 0) is 11.8 Å². The lowest BCUT2D eigenvalue weighted by Gasteiger charge is -2.20. The molecule has 3 heteroatoms. The zero-order valence-electron chi connectivity index (χ0n) is 13.0. The third-order valence-corrected chi connectivity index (χ3v) is 4.50. The van der Waals surface area contributed by atoms with Crippen molar-refractivity contribution in [2.75, 3.05) is 0 Å². The fraction of sp³-hybridized carbons (Fsp3) is 0.316. The molecule has 0 saturated carbocycles. The van der Waals surface area contributed by atoms with E-state index >= 15 is 0 Å². The Morgan fingerprint density at radius 3 is 2.14 bits per heavy atom. The van der Waals surface area contributed by atoms with E-state index in [2.05, 4.69) is 39.0 Å². The van der Waals surface area contributed by atoms with E-state index < -0.39 is 0 Å². The monoisotopic (exact) mass is 331 g/mol. The first kappa shape index (κ1) is 16.9. The van der Waals surface area contributed by atoms with Gasteiger partial charge in [-0.05, 0) is 40.7 Å². The molecule has 0 fully saturated rings. The van der Waals surface area contributed by atoms with Crippen molar-refractivity contribution < 1.29 is 0 Å². The number of nitrogens with zero attached hydrogens (tertiary/aromatic N) is 1. The van der Waals surface area contributed by atoms with E-state index in [0.29, 0.717) is 16.5 Å². The van der Waals surface area contributed by atoms with Gasteiger partial charge in [-0.3, -0.25) is 0 Å². The molecule has 114 valence electrons. The normalized spacial score (nSPS) is 12.7. The zero-order valence-corrected chi connectivity index (χ0v) is 14.5. The molecule has 0 N–H and O–H groups in total. The van der Waals surface area contributed by atoms with Gasteiger partial charge in [0.15, 0.2) is 0 Å². The molecule has 0 aliphatic carbocycles. The molecule has 1 unspecified atom stereocenters. The molecule has 0 amide bonds. The fourth-order valence-corrected chi connectivity index (χ4v) is 2.68. The van der Waals surface area contributed by atoms with Crippen LogP contribution in [0.25, 0.3) is 0 Å². The van der Waals surface area contributed by atoms with Crippen LogP contribution < -0.4 is 0 Å². The Labute approximate surface area is 142 Å². The fourth-order valence-electron chi connectivity index (χ4n) is 2.36. The Morgan fingerprint density at radius 2 is 1.64 bits per heavy atom. The van der Waals surface area contributed by atoms with E-state index in [-0.39, 0.29) is 11.3 Å². The summed E-state index contributed by atoms with van der Waals surface area (Å²) in [6.07, 6.45) is 0.627. The predicted molar refractivity (Wildman–Crippen MR) is 93.7 cm³/mol. The first-order valence-electron chi connectivity index (χ1n) is 7.25. The van der Waals surface area contributed by atoms with Crippen molar-refractivity contribution in [3.63, 3.8) is 0 Å². The van der Waals surface area contributed by atoms with Crippen LogP contribution in [0.3, 0.4) is 0 Å². The quantitative estimate of drug-likeness (QED) is 0.662. The number of rotatable bonds is 3. The summed E-state index contributed by atoms with van der Waals surface area (Å²) in [6, 6.07) is 16.2. The lowest BCUT2D eigenvalue weighted by molar-refractivity contribution is 0.589. The highest BCUT2D eigenvalue weighted by molar-refractivity contribution is 6.42. The minimum Gasteiger partial charge on any atom is -0.198 e. The molecule has 0 saturated heterocycles. The van der Waals surface area contributed by atoms with Crippen molar-refractivity contribution in [1.82, 2.24) is 0 Å². The highest BCUT2D eigenvalue weighted by atomic mass is 35.5. The molecule has 22 heavy (non-hydrogen) atoms. The van der Waals surface area contributed by atoms with E-state index in [9.17, 15) is 5.26 Å². The minimum absolute atomic E-state index is 0.115. The maximum atomic E-state index is 9.48. The molecular weight excluding hydrogens is 313 g/mol. The van der Waals surface area contributed by atoms with Crippen molar-refractivity contribution in [1.29, 1.82) is 5.26 Å². The first-order chi connectivity index (χ1) is 10.3. The Morgan fingerprint density at radius 1 is 1.00 bits per heavy atom. The molecule has 2 rings (SSSR count). The Bertz CT molecular complexity index is 691. The van der Waals surface area contributed by atoms with E-state index in [1.807, 2.05) is 24.3 Å². The van der Waals surface area contributed by atoms with Crippen molar-refractivity contribution >= 4 is 23.2 Å². The average molecular weight is 332 g/mol. The topological polar surface area (TPSA) is 23.8 Å². The van der Waals surface area contributed by atoms with Gasteiger partial charge in [0.25, 0.3) is 0 Å². The third-order valence-electron chi connectivity index (χ3n) is 3.76. The lowest BCUT2D eigenvalue weighted by Crippen LogP contribution is -2.11. The summed E-state index contributed by atoms with van der Waals surface area (Å²) in [5.74, 6) is -0.189. The van der Waals surface area contributed by atoms with Gasteiger partial charge in [0.05, 0.1) is 22.0 Å². The zero-order chi connectivity index (χ0) is 16.3. The molecule has 0 bridgehead atoms. The van der Waals surface area contributed by atoms with Gasteiger partial charge in [-0.15, -0.1) is 0 Å². The molecule has 1 nitrogen and oxygen atoms in total. The van der Waals surface area contributed by atoms with Crippen molar-refractivity contribution in [2.24, 2.45) is 0 Å². The third kappa shape index (κ3) is 4.03. The van der Waals surface area contributed by atoms with Crippen LogP contribution >= 0.6 is 23.2 Å². The Balaban J connectivity index is 2.21. The maximum Gasteiger partial charge on any atom is 0.0753 e. The van der Waals surface area contributed by atoms with Crippen LogP contribution in [0, 0.1) is 11.3 Å². The van der Waals surface area contributed by atoms with Crippen LogP contribution in [0.15, 0.2) is 42.5 Å². The number of nitriles is 1. The molecule has 0 heterocycles. The minimum atomic E-state index is -0.189. The highest BCUT2D eigenvalue weighted by Gasteiger charge is 2.16. The summed E-state index contributed by atoms with van der Waals surface area (Å²) in [7, 11) is 0. The standard InChI is InChI=1S/C19H19Cl2N/c1-19(2,3)16-7-5-14(6-8-16)15(12-22)10-13-4-9-17(20)18(21)11-13/h4-9,11,15H,10H2,1-3H3. The first-order valence-corrected chi connectivity index (χ1v) is 8.01. The smallest absolute Gasteiger partial charge is 0.0753 e. The summed E-state index contributed by atoms with van der Waals surface area (Å²) < 4.78 is 0. The number of benzene rings is 2. The average Bonchev–Trinajstić information content (AvgIpc) is 2.47. The van der Waals surface area contributed by atoms with Crippen LogP contribution in [0.2, 0.25) is 10.0 Å². The summed E-state index contributed by atoms with van der Waals surface area (Å²) >= 11 is 12.0.